The molecule has 0 radical (unpaired) electrons. The van der Waals surface area contributed by atoms with Crippen molar-refractivity contribution < 1.29 is 9.53 Å². The minimum Gasteiger partial charge on any atom is -0.494 e. The summed E-state index contributed by atoms with van der Waals surface area (Å²) in [6.07, 6.45) is 1.30. The topological polar surface area (TPSA) is 32.8 Å². The summed E-state index contributed by atoms with van der Waals surface area (Å²) in [7, 11) is 0. The fraction of sp³-hybridized carbons (Fsp3) is 0.421. The summed E-state index contributed by atoms with van der Waals surface area (Å²) in [5.74, 6) is 1.09. The number of hydrogen-bond donors (Lipinski definition) is 0. The van der Waals surface area contributed by atoms with Gasteiger partial charge in [0.2, 0.25) is 5.91 Å². The van der Waals surface area contributed by atoms with Crippen LogP contribution >= 0.6 is 22.9 Å². The largest absolute Gasteiger partial charge is 0.494 e. The van der Waals surface area contributed by atoms with Gasteiger partial charge >= 0.3 is 0 Å². The third kappa shape index (κ3) is 5.73. The van der Waals surface area contributed by atoms with Gasteiger partial charge in [-0.05, 0) is 30.7 Å². The van der Waals surface area contributed by atoms with Gasteiger partial charge in [-0.2, -0.15) is 0 Å². The molecule has 2 aromatic rings. The number of halogens is 1. The van der Waals surface area contributed by atoms with Gasteiger partial charge in [0.05, 0.1) is 10.9 Å². The highest BCUT2D eigenvalue weighted by molar-refractivity contribution is 7.16. The number of piperazine rings is 1. The molecule has 134 valence electrons. The zero-order valence-corrected chi connectivity index (χ0v) is 15.8. The molecule has 0 spiro atoms. The van der Waals surface area contributed by atoms with Gasteiger partial charge in [-0.15, -0.1) is 11.3 Å². The predicted molar refractivity (Wildman–Crippen MR) is 102 cm³/mol. The normalized spacial score (nSPS) is 15.3. The molecule has 1 saturated heterocycles. The second kappa shape index (κ2) is 9.22. The van der Waals surface area contributed by atoms with Gasteiger partial charge < -0.3 is 9.64 Å². The lowest BCUT2D eigenvalue weighted by atomic mass is 10.2. The Morgan fingerprint density at radius 3 is 2.52 bits per heavy atom. The van der Waals surface area contributed by atoms with Crippen LogP contribution in [0.15, 0.2) is 42.5 Å². The number of ether oxygens (including phenoxy) is 1. The quantitative estimate of drug-likeness (QED) is 0.685. The standard InChI is InChI=1S/C19H23ClN2O2S/c20-18-9-8-17(25-18)15-21-10-12-22(13-11-21)19(23)7-4-14-24-16-5-2-1-3-6-16/h1-3,5-6,8-9H,4,7,10-15H2. The number of para-hydroxylation sites is 1. The number of thiophene rings is 1. The fourth-order valence-electron chi connectivity index (χ4n) is 2.90. The Kier molecular flexibility index (Phi) is 6.73. The lowest BCUT2D eigenvalue weighted by Gasteiger charge is -2.34. The summed E-state index contributed by atoms with van der Waals surface area (Å²) < 4.78 is 6.48. The maximum Gasteiger partial charge on any atom is 0.222 e. The van der Waals surface area contributed by atoms with Crippen LogP contribution in [-0.2, 0) is 11.3 Å². The van der Waals surface area contributed by atoms with E-state index in [-0.39, 0.29) is 5.91 Å². The fourth-order valence-corrected chi connectivity index (χ4v) is 4.03. The monoisotopic (exact) mass is 378 g/mol. The SMILES string of the molecule is O=C(CCCOc1ccccc1)N1CCN(Cc2ccc(Cl)s2)CC1. The maximum atomic E-state index is 12.3. The van der Waals surface area contributed by atoms with Crippen molar-refractivity contribution in [1.29, 1.82) is 0 Å². The van der Waals surface area contributed by atoms with Gasteiger partial charge in [0.15, 0.2) is 0 Å². The van der Waals surface area contributed by atoms with E-state index in [9.17, 15) is 4.79 Å². The lowest BCUT2D eigenvalue weighted by molar-refractivity contribution is -0.133. The Bertz CT molecular complexity index is 669. The summed E-state index contributed by atoms with van der Waals surface area (Å²) in [6.45, 7) is 4.94. The first kappa shape index (κ1) is 18.2. The first-order chi connectivity index (χ1) is 12.2. The first-order valence-corrected chi connectivity index (χ1v) is 9.82. The number of amides is 1. The first-order valence-electron chi connectivity index (χ1n) is 8.63. The molecule has 2 heterocycles. The van der Waals surface area contributed by atoms with Crippen LogP contribution in [-0.4, -0.2) is 48.5 Å². The summed E-state index contributed by atoms with van der Waals surface area (Å²) in [6, 6.07) is 13.7. The molecule has 25 heavy (non-hydrogen) atoms. The molecular formula is C19H23ClN2O2S. The van der Waals surface area contributed by atoms with E-state index < -0.39 is 0 Å². The smallest absolute Gasteiger partial charge is 0.222 e. The van der Waals surface area contributed by atoms with Crippen LogP contribution in [0.3, 0.4) is 0 Å². The minimum atomic E-state index is 0.232. The number of carbonyl (C=O) groups excluding carboxylic acids is 1. The highest BCUT2D eigenvalue weighted by Gasteiger charge is 2.21. The second-order valence-electron chi connectivity index (χ2n) is 6.13. The zero-order valence-electron chi connectivity index (χ0n) is 14.2. The van der Waals surface area contributed by atoms with E-state index in [0.717, 1.165) is 49.2 Å². The van der Waals surface area contributed by atoms with Gasteiger partial charge in [-0.1, -0.05) is 29.8 Å². The number of benzene rings is 1. The van der Waals surface area contributed by atoms with Crippen LogP contribution in [0.25, 0.3) is 0 Å². The van der Waals surface area contributed by atoms with Crippen LogP contribution in [0, 0.1) is 0 Å². The molecular weight excluding hydrogens is 356 g/mol. The van der Waals surface area contributed by atoms with Crippen molar-refractivity contribution in [1.82, 2.24) is 9.80 Å². The molecule has 1 aliphatic rings. The Morgan fingerprint density at radius 1 is 1.08 bits per heavy atom. The molecule has 0 N–H and O–H groups in total. The van der Waals surface area contributed by atoms with E-state index >= 15 is 0 Å². The van der Waals surface area contributed by atoms with E-state index in [0.29, 0.717) is 13.0 Å². The molecule has 0 bridgehead atoms. The van der Waals surface area contributed by atoms with Gasteiger partial charge in [0, 0.05) is 44.0 Å². The van der Waals surface area contributed by atoms with Crippen molar-refractivity contribution in [2.45, 2.75) is 19.4 Å². The Balaban J connectivity index is 1.32. The maximum absolute atomic E-state index is 12.3. The molecule has 4 nitrogen and oxygen atoms in total. The summed E-state index contributed by atoms with van der Waals surface area (Å²) in [5.41, 5.74) is 0. The van der Waals surface area contributed by atoms with Crippen LogP contribution < -0.4 is 4.74 Å². The van der Waals surface area contributed by atoms with Crippen LogP contribution in [0.2, 0.25) is 4.34 Å². The van der Waals surface area contributed by atoms with Crippen LogP contribution in [0.5, 0.6) is 5.75 Å². The van der Waals surface area contributed by atoms with Crippen LogP contribution in [0.4, 0.5) is 0 Å². The van der Waals surface area contributed by atoms with Gasteiger partial charge in [-0.3, -0.25) is 9.69 Å². The third-order valence-corrected chi connectivity index (χ3v) is 5.50. The molecule has 1 aliphatic heterocycles. The van der Waals surface area contributed by atoms with E-state index in [1.807, 2.05) is 41.3 Å². The average molecular weight is 379 g/mol. The average Bonchev–Trinajstić information content (AvgIpc) is 3.05. The summed E-state index contributed by atoms with van der Waals surface area (Å²) in [4.78, 5) is 17.9. The molecule has 0 aliphatic carbocycles. The van der Waals surface area contributed by atoms with Gasteiger partial charge in [0.25, 0.3) is 0 Å². The van der Waals surface area contributed by atoms with E-state index in [1.165, 1.54) is 4.88 Å². The molecule has 1 aromatic carbocycles. The zero-order chi connectivity index (χ0) is 17.5. The second-order valence-corrected chi connectivity index (χ2v) is 7.93. The third-order valence-electron chi connectivity index (χ3n) is 4.28. The number of rotatable bonds is 7. The molecule has 0 atom stereocenters. The van der Waals surface area contributed by atoms with Crippen molar-refractivity contribution in [2.75, 3.05) is 32.8 Å². The highest BCUT2D eigenvalue weighted by atomic mass is 35.5. The van der Waals surface area contributed by atoms with E-state index in [1.54, 1.807) is 11.3 Å². The Labute approximate surface area is 158 Å². The number of hydrogen-bond acceptors (Lipinski definition) is 4. The lowest BCUT2D eigenvalue weighted by Crippen LogP contribution is -2.48. The van der Waals surface area contributed by atoms with Crippen molar-refractivity contribution in [3.63, 3.8) is 0 Å². The number of nitrogens with zero attached hydrogens (tertiary/aromatic N) is 2. The molecule has 1 fully saturated rings. The van der Waals surface area contributed by atoms with Gasteiger partial charge in [-0.25, -0.2) is 0 Å². The van der Waals surface area contributed by atoms with E-state index in [2.05, 4.69) is 11.0 Å². The minimum absolute atomic E-state index is 0.232. The Hall–Kier alpha value is -1.56. The molecule has 6 heteroatoms. The Morgan fingerprint density at radius 2 is 1.84 bits per heavy atom. The molecule has 3 rings (SSSR count). The highest BCUT2D eigenvalue weighted by Crippen LogP contribution is 2.23. The van der Waals surface area contributed by atoms with Gasteiger partial charge in [0.1, 0.15) is 5.75 Å². The number of carbonyl (C=O) groups is 1. The summed E-state index contributed by atoms with van der Waals surface area (Å²) >= 11 is 7.61. The molecule has 1 aromatic heterocycles. The van der Waals surface area contributed by atoms with E-state index in [4.69, 9.17) is 16.3 Å². The van der Waals surface area contributed by atoms with Crippen molar-refractivity contribution in [3.8, 4) is 5.75 Å². The summed E-state index contributed by atoms with van der Waals surface area (Å²) in [5, 5.41) is 0. The molecule has 1 amide bonds. The van der Waals surface area contributed by atoms with Crippen molar-refractivity contribution in [3.05, 3.63) is 51.7 Å². The molecule has 0 saturated carbocycles. The van der Waals surface area contributed by atoms with Crippen molar-refractivity contribution >= 4 is 28.8 Å². The van der Waals surface area contributed by atoms with Crippen molar-refractivity contribution in [2.24, 2.45) is 0 Å². The predicted octanol–water partition coefficient (Wildman–Crippen LogP) is 3.90. The molecule has 0 unspecified atom stereocenters. The van der Waals surface area contributed by atoms with Crippen LogP contribution in [0.1, 0.15) is 17.7 Å².